The van der Waals surface area contributed by atoms with Crippen LogP contribution in [-0.2, 0) is 11.8 Å². The molecule has 1 unspecified atom stereocenters. The highest BCUT2D eigenvalue weighted by Gasteiger charge is 2.21. The standard InChI is InChI=1S/C12H18N6O/c1-17-11-10(15-16-17)12(14-8-13-11)18-6-3-4-9(19-2)5-7-18/h8-9H,3-7H2,1-2H3. The van der Waals surface area contributed by atoms with Crippen molar-refractivity contribution in [2.45, 2.75) is 25.4 Å². The molecule has 1 aliphatic heterocycles. The molecular formula is C12H18N6O. The molecule has 3 heterocycles. The van der Waals surface area contributed by atoms with Gasteiger partial charge in [0.05, 0.1) is 6.10 Å². The van der Waals surface area contributed by atoms with Crippen LogP contribution in [0.15, 0.2) is 6.33 Å². The van der Waals surface area contributed by atoms with E-state index in [4.69, 9.17) is 4.74 Å². The molecule has 0 spiro atoms. The molecule has 7 heteroatoms. The van der Waals surface area contributed by atoms with Crippen LogP contribution >= 0.6 is 0 Å². The van der Waals surface area contributed by atoms with Gasteiger partial charge in [0.1, 0.15) is 6.33 Å². The summed E-state index contributed by atoms with van der Waals surface area (Å²) in [6.07, 6.45) is 5.15. The zero-order valence-electron chi connectivity index (χ0n) is 11.3. The lowest BCUT2D eigenvalue weighted by Gasteiger charge is -2.21. The monoisotopic (exact) mass is 262 g/mol. The SMILES string of the molecule is COC1CCCN(c2ncnc3c2nnn3C)CC1. The Bertz CT molecular complexity index is 568. The first kappa shape index (κ1) is 12.3. The first-order valence-electron chi connectivity index (χ1n) is 6.57. The van der Waals surface area contributed by atoms with Crippen molar-refractivity contribution in [2.24, 2.45) is 7.05 Å². The summed E-state index contributed by atoms with van der Waals surface area (Å²) in [5.41, 5.74) is 1.55. The molecule has 1 aliphatic rings. The quantitative estimate of drug-likeness (QED) is 0.796. The third-order valence-electron chi connectivity index (χ3n) is 3.68. The minimum Gasteiger partial charge on any atom is -0.381 e. The zero-order valence-corrected chi connectivity index (χ0v) is 11.3. The summed E-state index contributed by atoms with van der Waals surface area (Å²) in [4.78, 5) is 10.9. The van der Waals surface area contributed by atoms with Gasteiger partial charge in [0.25, 0.3) is 0 Å². The molecule has 0 amide bonds. The molecule has 102 valence electrons. The third kappa shape index (κ3) is 2.25. The summed E-state index contributed by atoms with van der Waals surface area (Å²) in [7, 11) is 3.63. The van der Waals surface area contributed by atoms with Gasteiger partial charge in [-0.25, -0.2) is 14.6 Å². The molecule has 7 nitrogen and oxygen atoms in total. The second-order valence-electron chi connectivity index (χ2n) is 4.86. The van der Waals surface area contributed by atoms with Crippen molar-refractivity contribution in [1.29, 1.82) is 0 Å². The maximum Gasteiger partial charge on any atom is 0.183 e. The minimum absolute atomic E-state index is 0.351. The minimum atomic E-state index is 0.351. The van der Waals surface area contributed by atoms with Crippen molar-refractivity contribution in [3.05, 3.63) is 6.33 Å². The van der Waals surface area contributed by atoms with Gasteiger partial charge in [-0.3, -0.25) is 0 Å². The van der Waals surface area contributed by atoms with E-state index in [0.717, 1.165) is 49.3 Å². The highest BCUT2D eigenvalue weighted by Crippen LogP contribution is 2.23. The number of fused-ring (bicyclic) bond motifs is 1. The highest BCUT2D eigenvalue weighted by atomic mass is 16.5. The Labute approximate surface area is 111 Å². The maximum atomic E-state index is 5.46. The van der Waals surface area contributed by atoms with Gasteiger partial charge in [0.2, 0.25) is 0 Å². The van der Waals surface area contributed by atoms with E-state index in [0.29, 0.717) is 6.10 Å². The van der Waals surface area contributed by atoms with Crippen LogP contribution in [0.2, 0.25) is 0 Å². The lowest BCUT2D eigenvalue weighted by Crippen LogP contribution is -2.26. The van der Waals surface area contributed by atoms with E-state index >= 15 is 0 Å². The summed E-state index contributed by atoms with van der Waals surface area (Å²) >= 11 is 0. The second kappa shape index (κ2) is 5.08. The fourth-order valence-corrected chi connectivity index (χ4v) is 2.59. The highest BCUT2D eigenvalue weighted by molar-refractivity contribution is 5.82. The molecule has 0 aliphatic carbocycles. The van der Waals surface area contributed by atoms with E-state index in [1.807, 2.05) is 7.05 Å². The van der Waals surface area contributed by atoms with E-state index in [1.165, 1.54) is 0 Å². The number of nitrogens with zero attached hydrogens (tertiary/aromatic N) is 6. The number of anilines is 1. The van der Waals surface area contributed by atoms with Crippen LogP contribution in [0.1, 0.15) is 19.3 Å². The van der Waals surface area contributed by atoms with E-state index in [9.17, 15) is 0 Å². The van der Waals surface area contributed by atoms with Gasteiger partial charge < -0.3 is 9.64 Å². The van der Waals surface area contributed by atoms with Crippen molar-refractivity contribution in [1.82, 2.24) is 25.0 Å². The molecule has 0 N–H and O–H groups in total. The average Bonchev–Trinajstić information content (AvgIpc) is 2.68. The van der Waals surface area contributed by atoms with Crippen LogP contribution in [-0.4, -0.2) is 51.3 Å². The van der Waals surface area contributed by atoms with Crippen LogP contribution in [0.4, 0.5) is 5.82 Å². The first-order chi connectivity index (χ1) is 9.29. The van der Waals surface area contributed by atoms with Crippen LogP contribution in [0, 0.1) is 0 Å². The molecule has 1 saturated heterocycles. The summed E-state index contributed by atoms with van der Waals surface area (Å²) in [5.74, 6) is 0.884. The van der Waals surface area contributed by atoms with E-state index in [2.05, 4.69) is 25.2 Å². The van der Waals surface area contributed by atoms with Gasteiger partial charge in [-0.15, -0.1) is 5.10 Å². The number of ether oxygens (including phenoxy) is 1. The maximum absolute atomic E-state index is 5.46. The molecule has 3 rings (SSSR count). The lowest BCUT2D eigenvalue weighted by atomic mass is 10.2. The summed E-state index contributed by atoms with van der Waals surface area (Å²) in [6.45, 7) is 1.91. The summed E-state index contributed by atoms with van der Waals surface area (Å²) < 4.78 is 7.13. The molecule has 1 atom stereocenters. The van der Waals surface area contributed by atoms with Gasteiger partial charge in [-0.05, 0) is 19.3 Å². The number of aryl methyl sites for hydroxylation is 1. The first-order valence-corrected chi connectivity index (χ1v) is 6.57. The van der Waals surface area contributed by atoms with Crippen molar-refractivity contribution >= 4 is 17.0 Å². The van der Waals surface area contributed by atoms with Crippen molar-refractivity contribution in [2.75, 3.05) is 25.1 Å². The Kier molecular flexibility index (Phi) is 3.29. The smallest absolute Gasteiger partial charge is 0.183 e. The number of methoxy groups -OCH3 is 1. The molecule has 0 bridgehead atoms. The molecular weight excluding hydrogens is 244 g/mol. The average molecular weight is 262 g/mol. The van der Waals surface area contributed by atoms with Gasteiger partial charge in [0.15, 0.2) is 17.0 Å². The normalized spacial score (nSPS) is 20.7. The number of rotatable bonds is 2. The topological polar surface area (TPSA) is 69.0 Å². The Morgan fingerprint density at radius 2 is 2.16 bits per heavy atom. The molecule has 19 heavy (non-hydrogen) atoms. The van der Waals surface area contributed by atoms with Crippen LogP contribution in [0.3, 0.4) is 0 Å². The van der Waals surface area contributed by atoms with Crippen LogP contribution in [0.5, 0.6) is 0 Å². The molecule has 2 aromatic rings. The Morgan fingerprint density at radius 1 is 1.26 bits per heavy atom. The van der Waals surface area contributed by atoms with Crippen molar-refractivity contribution in [3.8, 4) is 0 Å². The summed E-state index contributed by atoms with van der Waals surface area (Å²) in [5, 5.41) is 8.20. The zero-order chi connectivity index (χ0) is 13.2. The molecule has 0 saturated carbocycles. The van der Waals surface area contributed by atoms with Crippen LogP contribution in [0.25, 0.3) is 11.2 Å². The Balaban J connectivity index is 1.91. The number of hydrogen-bond acceptors (Lipinski definition) is 6. The van der Waals surface area contributed by atoms with Gasteiger partial charge >= 0.3 is 0 Å². The second-order valence-corrected chi connectivity index (χ2v) is 4.86. The fraction of sp³-hybridized carbons (Fsp3) is 0.667. The molecule has 0 aromatic carbocycles. The van der Waals surface area contributed by atoms with E-state index < -0.39 is 0 Å². The largest absolute Gasteiger partial charge is 0.381 e. The molecule has 0 radical (unpaired) electrons. The fourth-order valence-electron chi connectivity index (χ4n) is 2.59. The molecule has 1 fully saturated rings. The Hall–Kier alpha value is -1.76. The summed E-state index contributed by atoms with van der Waals surface area (Å²) in [6, 6.07) is 0. The molecule has 2 aromatic heterocycles. The number of aromatic nitrogens is 5. The van der Waals surface area contributed by atoms with Gasteiger partial charge in [0, 0.05) is 27.2 Å². The van der Waals surface area contributed by atoms with Gasteiger partial charge in [-0.1, -0.05) is 5.21 Å². The lowest BCUT2D eigenvalue weighted by molar-refractivity contribution is 0.0931. The van der Waals surface area contributed by atoms with Crippen LogP contribution < -0.4 is 4.90 Å². The van der Waals surface area contributed by atoms with E-state index in [-0.39, 0.29) is 0 Å². The van der Waals surface area contributed by atoms with Gasteiger partial charge in [-0.2, -0.15) is 0 Å². The predicted octanol–water partition coefficient (Wildman–Crippen LogP) is 0.764. The third-order valence-corrected chi connectivity index (χ3v) is 3.68. The van der Waals surface area contributed by atoms with Crippen molar-refractivity contribution < 1.29 is 4.74 Å². The van der Waals surface area contributed by atoms with E-state index in [1.54, 1.807) is 18.1 Å². The van der Waals surface area contributed by atoms with Crippen molar-refractivity contribution in [3.63, 3.8) is 0 Å². The number of hydrogen-bond donors (Lipinski definition) is 0. The predicted molar refractivity (Wildman–Crippen MR) is 71.0 cm³/mol. The Morgan fingerprint density at radius 3 is 3.00 bits per heavy atom.